The van der Waals surface area contributed by atoms with Gasteiger partial charge in [0.15, 0.2) is 0 Å². The van der Waals surface area contributed by atoms with Crippen LogP contribution in [-0.4, -0.2) is 52.6 Å². The van der Waals surface area contributed by atoms with Gasteiger partial charge in [-0.05, 0) is 43.4 Å². The van der Waals surface area contributed by atoms with Crippen molar-refractivity contribution in [1.29, 1.82) is 0 Å². The third kappa shape index (κ3) is 4.55. The molecule has 0 saturated carbocycles. The van der Waals surface area contributed by atoms with E-state index in [0.29, 0.717) is 6.04 Å². The zero-order valence-corrected chi connectivity index (χ0v) is 17.4. The van der Waals surface area contributed by atoms with E-state index in [-0.39, 0.29) is 5.48 Å². The summed E-state index contributed by atoms with van der Waals surface area (Å²) >= 11 is 0. The van der Waals surface area contributed by atoms with Gasteiger partial charge in [-0.3, -0.25) is 4.90 Å². The number of likely N-dealkylation sites (tertiary alicyclic amines) is 1. The summed E-state index contributed by atoms with van der Waals surface area (Å²) in [4.78, 5) is 14.7. The first-order valence-electron chi connectivity index (χ1n) is 10.9. The topological polar surface area (TPSA) is 75.8 Å². The van der Waals surface area contributed by atoms with Gasteiger partial charge in [0.1, 0.15) is 5.82 Å². The summed E-state index contributed by atoms with van der Waals surface area (Å²) in [6, 6.07) is 19.6. The second-order valence-corrected chi connectivity index (χ2v) is 8.26. The van der Waals surface area contributed by atoms with Gasteiger partial charge in [-0.1, -0.05) is 42.5 Å². The molecular formula is C24H31N5O. The number of anilines is 2. The molecule has 3 N–H and O–H groups in total. The highest BCUT2D eigenvalue weighted by Crippen LogP contribution is 2.28. The van der Waals surface area contributed by atoms with E-state index in [0.717, 1.165) is 68.2 Å². The van der Waals surface area contributed by atoms with Crippen molar-refractivity contribution in [3.05, 3.63) is 60.2 Å². The average Bonchev–Trinajstić information content (AvgIpc) is 3.30. The fourth-order valence-electron chi connectivity index (χ4n) is 4.55. The summed E-state index contributed by atoms with van der Waals surface area (Å²) in [6.07, 6.45) is 4.76. The minimum atomic E-state index is 0. The smallest absolute Gasteiger partial charge is 0.225 e. The summed E-state index contributed by atoms with van der Waals surface area (Å²) in [7, 11) is 0. The zero-order valence-electron chi connectivity index (χ0n) is 17.4. The van der Waals surface area contributed by atoms with Gasteiger partial charge in [0.05, 0.1) is 5.52 Å². The van der Waals surface area contributed by atoms with Gasteiger partial charge in [-0.25, -0.2) is 4.98 Å². The van der Waals surface area contributed by atoms with Gasteiger partial charge < -0.3 is 15.7 Å². The number of piperidine rings is 1. The van der Waals surface area contributed by atoms with Crippen molar-refractivity contribution >= 4 is 22.7 Å². The van der Waals surface area contributed by atoms with Crippen molar-refractivity contribution < 1.29 is 5.48 Å². The molecule has 0 spiro atoms. The van der Waals surface area contributed by atoms with Crippen LogP contribution in [0.2, 0.25) is 0 Å². The molecule has 2 saturated heterocycles. The second kappa shape index (κ2) is 9.41. The Kier molecular flexibility index (Phi) is 6.45. The Morgan fingerprint density at radius 2 is 1.53 bits per heavy atom. The number of rotatable bonds is 5. The number of hydrogen-bond donors (Lipinski definition) is 1. The minimum absolute atomic E-state index is 0. The third-order valence-corrected chi connectivity index (χ3v) is 6.16. The highest BCUT2D eigenvalue weighted by Gasteiger charge is 2.22. The lowest BCUT2D eigenvalue weighted by atomic mass is 10.0. The van der Waals surface area contributed by atoms with Crippen LogP contribution in [0.15, 0.2) is 54.6 Å². The number of para-hydroxylation sites is 1. The van der Waals surface area contributed by atoms with Crippen LogP contribution in [-0.2, 0) is 6.54 Å². The van der Waals surface area contributed by atoms with Crippen LogP contribution in [0.4, 0.5) is 11.8 Å². The van der Waals surface area contributed by atoms with Crippen molar-refractivity contribution in [3.63, 3.8) is 0 Å². The SMILES string of the molecule is O.c1ccc(CN2CCC(Nc3nc(N4CCCC4)c4ccccc4n3)CC2)cc1. The van der Waals surface area contributed by atoms with E-state index in [1.54, 1.807) is 0 Å². The van der Waals surface area contributed by atoms with E-state index >= 15 is 0 Å². The number of fused-ring (bicyclic) bond motifs is 1. The molecular weight excluding hydrogens is 374 g/mol. The van der Waals surface area contributed by atoms with Gasteiger partial charge in [0.2, 0.25) is 5.95 Å². The van der Waals surface area contributed by atoms with Crippen LogP contribution in [0.25, 0.3) is 10.9 Å². The number of nitrogens with zero attached hydrogens (tertiary/aromatic N) is 4. The molecule has 0 radical (unpaired) electrons. The molecule has 2 fully saturated rings. The first kappa shape index (κ1) is 20.6. The van der Waals surface area contributed by atoms with Crippen molar-refractivity contribution in [2.45, 2.75) is 38.3 Å². The average molecular weight is 406 g/mol. The monoisotopic (exact) mass is 405 g/mol. The quantitative estimate of drug-likeness (QED) is 0.703. The fraction of sp³-hybridized carbons (Fsp3) is 0.417. The van der Waals surface area contributed by atoms with Crippen LogP contribution in [0, 0.1) is 0 Å². The Morgan fingerprint density at radius 3 is 2.30 bits per heavy atom. The van der Waals surface area contributed by atoms with Gasteiger partial charge in [0, 0.05) is 44.2 Å². The van der Waals surface area contributed by atoms with E-state index in [1.807, 2.05) is 0 Å². The van der Waals surface area contributed by atoms with Crippen molar-refractivity contribution in [2.75, 3.05) is 36.4 Å². The molecule has 5 rings (SSSR count). The third-order valence-electron chi connectivity index (χ3n) is 6.16. The van der Waals surface area contributed by atoms with Gasteiger partial charge in [0.25, 0.3) is 0 Å². The van der Waals surface area contributed by atoms with Crippen LogP contribution in [0.5, 0.6) is 0 Å². The molecule has 0 aliphatic carbocycles. The number of nitrogens with one attached hydrogen (secondary N) is 1. The Labute approximate surface area is 178 Å². The normalized spacial score (nSPS) is 17.8. The van der Waals surface area contributed by atoms with E-state index in [9.17, 15) is 0 Å². The van der Waals surface area contributed by atoms with Crippen molar-refractivity contribution in [2.24, 2.45) is 0 Å². The molecule has 30 heavy (non-hydrogen) atoms. The Bertz CT molecular complexity index is 950. The molecule has 0 unspecified atom stereocenters. The number of benzene rings is 2. The first-order chi connectivity index (χ1) is 14.3. The summed E-state index contributed by atoms with van der Waals surface area (Å²) in [5.41, 5.74) is 2.43. The molecule has 2 aliphatic heterocycles. The van der Waals surface area contributed by atoms with Gasteiger partial charge in [-0.15, -0.1) is 0 Å². The minimum Gasteiger partial charge on any atom is -0.412 e. The Balaban J connectivity index is 0.00000218. The van der Waals surface area contributed by atoms with Gasteiger partial charge in [-0.2, -0.15) is 4.98 Å². The Hall–Kier alpha value is -2.70. The summed E-state index contributed by atoms with van der Waals surface area (Å²) < 4.78 is 0. The van der Waals surface area contributed by atoms with E-state index in [4.69, 9.17) is 9.97 Å². The van der Waals surface area contributed by atoms with Gasteiger partial charge >= 0.3 is 0 Å². The molecule has 2 aromatic carbocycles. The molecule has 3 heterocycles. The maximum Gasteiger partial charge on any atom is 0.225 e. The Morgan fingerprint density at radius 1 is 0.833 bits per heavy atom. The summed E-state index contributed by atoms with van der Waals surface area (Å²) in [5, 5.41) is 4.81. The van der Waals surface area contributed by atoms with E-state index in [1.165, 1.54) is 18.4 Å². The largest absolute Gasteiger partial charge is 0.412 e. The molecule has 0 bridgehead atoms. The molecule has 158 valence electrons. The highest BCUT2D eigenvalue weighted by atomic mass is 16.0. The zero-order chi connectivity index (χ0) is 19.5. The first-order valence-corrected chi connectivity index (χ1v) is 10.9. The maximum absolute atomic E-state index is 4.95. The van der Waals surface area contributed by atoms with Crippen molar-refractivity contribution in [1.82, 2.24) is 14.9 Å². The molecule has 6 nitrogen and oxygen atoms in total. The lowest BCUT2D eigenvalue weighted by Crippen LogP contribution is -2.39. The summed E-state index contributed by atoms with van der Waals surface area (Å²) in [5.74, 6) is 1.88. The molecule has 1 aromatic heterocycles. The van der Waals surface area contributed by atoms with Crippen LogP contribution in [0.1, 0.15) is 31.2 Å². The van der Waals surface area contributed by atoms with Crippen molar-refractivity contribution in [3.8, 4) is 0 Å². The second-order valence-electron chi connectivity index (χ2n) is 8.26. The predicted octanol–water partition coefficient (Wildman–Crippen LogP) is 3.48. The molecule has 6 heteroatoms. The fourth-order valence-corrected chi connectivity index (χ4v) is 4.55. The van der Waals surface area contributed by atoms with Crippen LogP contribution < -0.4 is 10.2 Å². The molecule has 0 amide bonds. The lowest BCUT2D eigenvalue weighted by molar-refractivity contribution is 0.211. The standard InChI is InChI=1S/C24H29N5.H2O/c1-2-8-19(9-3-1)18-28-16-12-20(13-17-28)25-24-26-22-11-5-4-10-21(22)23(27-24)29-14-6-7-15-29;/h1-5,8-11,20H,6-7,12-18H2,(H,25,26,27);1H2. The summed E-state index contributed by atoms with van der Waals surface area (Å²) in [6.45, 7) is 5.45. The lowest BCUT2D eigenvalue weighted by Gasteiger charge is -2.32. The molecule has 2 aliphatic rings. The predicted molar refractivity (Wildman–Crippen MR) is 123 cm³/mol. The number of aromatic nitrogens is 2. The van der Waals surface area contributed by atoms with Crippen LogP contribution >= 0.6 is 0 Å². The molecule has 0 atom stereocenters. The number of hydrogen-bond acceptors (Lipinski definition) is 5. The van der Waals surface area contributed by atoms with Crippen LogP contribution in [0.3, 0.4) is 0 Å². The maximum atomic E-state index is 4.95. The van der Waals surface area contributed by atoms with E-state index < -0.39 is 0 Å². The van der Waals surface area contributed by atoms with E-state index in [2.05, 4.69) is 69.7 Å². The highest BCUT2D eigenvalue weighted by molar-refractivity contribution is 5.90. The molecule has 3 aromatic rings.